The van der Waals surface area contributed by atoms with E-state index in [4.69, 9.17) is 5.73 Å². The first kappa shape index (κ1) is 10.9. The maximum atomic E-state index is 5.80. The van der Waals surface area contributed by atoms with Gasteiger partial charge in [-0.05, 0) is 36.3 Å². The predicted molar refractivity (Wildman–Crippen MR) is 66.0 cm³/mol. The Morgan fingerprint density at radius 1 is 1.53 bits per heavy atom. The lowest BCUT2D eigenvalue weighted by molar-refractivity contribution is 0.529. The van der Waals surface area contributed by atoms with Crippen LogP contribution in [0.15, 0.2) is 23.6 Å². The number of rotatable bonds is 4. The Kier molecular flexibility index (Phi) is 3.57. The van der Waals surface area contributed by atoms with Crippen molar-refractivity contribution in [2.75, 3.05) is 6.54 Å². The zero-order chi connectivity index (χ0) is 10.7. The lowest BCUT2D eigenvalue weighted by Gasteiger charge is -2.10. The molecule has 0 saturated carbocycles. The molecule has 2 rings (SSSR count). The highest BCUT2D eigenvalue weighted by atomic mass is 32.1. The van der Waals surface area contributed by atoms with Gasteiger partial charge >= 0.3 is 0 Å². The van der Waals surface area contributed by atoms with Crippen molar-refractivity contribution in [3.63, 3.8) is 0 Å². The van der Waals surface area contributed by atoms with Crippen molar-refractivity contribution in [3.05, 3.63) is 34.0 Å². The number of hydrogen-bond acceptors (Lipinski definition) is 3. The average Bonchev–Trinajstić information content (AvgIpc) is 2.77. The normalized spacial score (nSPS) is 24.9. The standard InChI is InChI=1S/C12H18N2S/c1-9-4-5-15-12(9)8-14-7-10-2-3-11(13)6-10/h2-5,10-11,14H,6-8,13H2,1H3. The Morgan fingerprint density at radius 2 is 2.40 bits per heavy atom. The third-order valence-electron chi connectivity index (χ3n) is 2.87. The minimum absolute atomic E-state index is 0.278. The Hall–Kier alpha value is -0.640. The van der Waals surface area contributed by atoms with Crippen molar-refractivity contribution in [1.29, 1.82) is 0 Å². The summed E-state index contributed by atoms with van der Waals surface area (Å²) in [6, 6.07) is 2.45. The van der Waals surface area contributed by atoms with Crippen molar-refractivity contribution in [2.24, 2.45) is 11.7 Å². The van der Waals surface area contributed by atoms with Gasteiger partial charge in [0.2, 0.25) is 0 Å². The molecule has 0 spiro atoms. The van der Waals surface area contributed by atoms with Gasteiger partial charge in [-0.1, -0.05) is 12.2 Å². The van der Waals surface area contributed by atoms with E-state index in [2.05, 4.69) is 35.8 Å². The van der Waals surface area contributed by atoms with Gasteiger partial charge in [0, 0.05) is 24.0 Å². The molecule has 1 aliphatic carbocycles. The van der Waals surface area contributed by atoms with Crippen molar-refractivity contribution >= 4 is 11.3 Å². The van der Waals surface area contributed by atoms with Gasteiger partial charge < -0.3 is 11.1 Å². The molecule has 1 aliphatic rings. The van der Waals surface area contributed by atoms with Crippen molar-refractivity contribution in [3.8, 4) is 0 Å². The molecule has 15 heavy (non-hydrogen) atoms. The first-order valence-electron chi connectivity index (χ1n) is 5.43. The van der Waals surface area contributed by atoms with Crippen LogP contribution in [0.2, 0.25) is 0 Å². The molecule has 3 heteroatoms. The summed E-state index contributed by atoms with van der Waals surface area (Å²) >= 11 is 1.83. The Balaban J connectivity index is 1.72. The van der Waals surface area contributed by atoms with Crippen molar-refractivity contribution in [1.82, 2.24) is 5.32 Å². The van der Waals surface area contributed by atoms with Crippen LogP contribution in [0.25, 0.3) is 0 Å². The second kappa shape index (κ2) is 4.92. The summed E-state index contributed by atoms with van der Waals surface area (Å²) in [4.78, 5) is 1.45. The fourth-order valence-electron chi connectivity index (χ4n) is 1.91. The van der Waals surface area contributed by atoms with E-state index in [-0.39, 0.29) is 6.04 Å². The van der Waals surface area contributed by atoms with E-state index in [1.807, 2.05) is 11.3 Å². The lowest BCUT2D eigenvalue weighted by Crippen LogP contribution is -2.23. The molecular formula is C12H18N2S. The number of aryl methyl sites for hydroxylation is 1. The van der Waals surface area contributed by atoms with E-state index in [1.165, 1.54) is 10.4 Å². The summed E-state index contributed by atoms with van der Waals surface area (Å²) in [6.45, 7) is 4.20. The molecule has 1 aromatic rings. The predicted octanol–water partition coefficient (Wildman–Crippen LogP) is 2.05. The zero-order valence-corrected chi connectivity index (χ0v) is 9.89. The highest BCUT2D eigenvalue weighted by molar-refractivity contribution is 7.10. The number of nitrogens with two attached hydrogens (primary N) is 1. The highest BCUT2D eigenvalue weighted by Crippen LogP contribution is 2.17. The molecule has 82 valence electrons. The smallest absolute Gasteiger partial charge is 0.0302 e. The minimum Gasteiger partial charge on any atom is -0.324 e. The molecule has 0 saturated heterocycles. The van der Waals surface area contributed by atoms with Crippen LogP contribution in [0.4, 0.5) is 0 Å². The van der Waals surface area contributed by atoms with E-state index in [1.54, 1.807) is 0 Å². The fourth-order valence-corrected chi connectivity index (χ4v) is 2.79. The SMILES string of the molecule is Cc1ccsc1CNCC1C=CC(N)C1. The van der Waals surface area contributed by atoms with Crippen LogP contribution in [-0.4, -0.2) is 12.6 Å². The molecule has 0 aliphatic heterocycles. The van der Waals surface area contributed by atoms with E-state index >= 15 is 0 Å². The largest absolute Gasteiger partial charge is 0.324 e. The van der Waals surface area contributed by atoms with Crippen LogP contribution >= 0.6 is 11.3 Å². The molecule has 3 N–H and O–H groups in total. The molecule has 0 amide bonds. The summed E-state index contributed by atoms with van der Waals surface area (Å²) < 4.78 is 0. The molecule has 0 fully saturated rings. The third-order valence-corrected chi connectivity index (χ3v) is 3.89. The van der Waals surface area contributed by atoms with Gasteiger partial charge in [0.1, 0.15) is 0 Å². The number of thiophene rings is 1. The Labute approximate surface area is 95.2 Å². The van der Waals surface area contributed by atoms with E-state index in [9.17, 15) is 0 Å². The molecule has 2 nitrogen and oxygen atoms in total. The molecule has 0 radical (unpaired) electrons. The molecular weight excluding hydrogens is 204 g/mol. The minimum atomic E-state index is 0.278. The van der Waals surface area contributed by atoms with Crippen molar-refractivity contribution in [2.45, 2.75) is 25.9 Å². The van der Waals surface area contributed by atoms with E-state index < -0.39 is 0 Å². The van der Waals surface area contributed by atoms with Crippen LogP contribution in [0.5, 0.6) is 0 Å². The summed E-state index contributed by atoms with van der Waals surface area (Å²) in [7, 11) is 0. The van der Waals surface area contributed by atoms with Crippen LogP contribution in [0.3, 0.4) is 0 Å². The van der Waals surface area contributed by atoms with Gasteiger partial charge in [0.05, 0.1) is 0 Å². The monoisotopic (exact) mass is 222 g/mol. The molecule has 1 aromatic heterocycles. The average molecular weight is 222 g/mol. The summed E-state index contributed by atoms with van der Waals surface area (Å²) in [5.41, 5.74) is 7.20. The van der Waals surface area contributed by atoms with E-state index in [0.717, 1.165) is 19.5 Å². The van der Waals surface area contributed by atoms with Crippen molar-refractivity contribution < 1.29 is 0 Å². The zero-order valence-electron chi connectivity index (χ0n) is 9.07. The first-order chi connectivity index (χ1) is 7.25. The fraction of sp³-hybridized carbons (Fsp3) is 0.500. The molecule has 0 bridgehead atoms. The van der Waals surface area contributed by atoms with Gasteiger partial charge in [-0.15, -0.1) is 11.3 Å². The van der Waals surface area contributed by atoms with Crippen LogP contribution in [0.1, 0.15) is 16.9 Å². The molecule has 1 heterocycles. The number of hydrogen-bond donors (Lipinski definition) is 2. The summed E-state index contributed by atoms with van der Waals surface area (Å²) in [5.74, 6) is 0.625. The Bertz CT molecular complexity index is 343. The van der Waals surface area contributed by atoms with E-state index in [0.29, 0.717) is 5.92 Å². The van der Waals surface area contributed by atoms with Gasteiger partial charge in [0.15, 0.2) is 0 Å². The van der Waals surface area contributed by atoms with Crippen LogP contribution in [0, 0.1) is 12.8 Å². The Morgan fingerprint density at radius 3 is 3.00 bits per heavy atom. The summed E-state index contributed by atoms with van der Waals surface area (Å²) in [6.07, 6.45) is 5.44. The first-order valence-corrected chi connectivity index (χ1v) is 6.31. The maximum absolute atomic E-state index is 5.80. The van der Waals surface area contributed by atoms with Crippen LogP contribution in [-0.2, 0) is 6.54 Å². The van der Waals surface area contributed by atoms with Gasteiger partial charge in [-0.2, -0.15) is 0 Å². The van der Waals surface area contributed by atoms with Crippen LogP contribution < -0.4 is 11.1 Å². The molecule has 2 unspecified atom stereocenters. The highest BCUT2D eigenvalue weighted by Gasteiger charge is 2.14. The maximum Gasteiger partial charge on any atom is 0.0302 e. The molecule has 0 aromatic carbocycles. The second-order valence-corrected chi connectivity index (χ2v) is 5.20. The van der Waals surface area contributed by atoms with Gasteiger partial charge in [-0.25, -0.2) is 0 Å². The third kappa shape index (κ3) is 2.91. The lowest BCUT2D eigenvalue weighted by atomic mass is 10.1. The molecule has 2 atom stereocenters. The summed E-state index contributed by atoms with van der Waals surface area (Å²) in [5, 5.41) is 5.65. The topological polar surface area (TPSA) is 38.0 Å². The second-order valence-electron chi connectivity index (χ2n) is 4.20. The quantitative estimate of drug-likeness (QED) is 0.765. The van der Waals surface area contributed by atoms with Gasteiger partial charge in [0.25, 0.3) is 0 Å². The number of nitrogens with one attached hydrogen (secondary N) is 1. The van der Waals surface area contributed by atoms with Gasteiger partial charge in [-0.3, -0.25) is 0 Å².